The molecule has 2 N–H and O–H groups in total. The highest BCUT2D eigenvalue weighted by Gasteiger charge is 2.24. The van der Waals surface area contributed by atoms with E-state index in [2.05, 4.69) is 45.0 Å². The molecule has 0 bridgehead atoms. The summed E-state index contributed by atoms with van der Waals surface area (Å²) in [7, 11) is 2.17. The van der Waals surface area contributed by atoms with Crippen molar-refractivity contribution in [1.29, 1.82) is 0 Å². The van der Waals surface area contributed by atoms with Crippen molar-refractivity contribution >= 4 is 40.1 Å². The van der Waals surface area contributed by atoms with Crippen LogP contribution in [-0.2, 0) is 0 Å². The zero-order chi connectivity index (χ0) is 19.2. The van der Waals surface area contributed by atoms with Crippen LogP contribution in [-0.4, -0.2) is 60.5 Å². The molecular formula is C20H26N4OS2. The quantitative estimate of drug-likeness (QED) is 0.572. The SMILES string of the molecule is CC(=O)c1ccc(NC(=S)NC[C@@H](c2cccs2)N2CCN(C)CC2)cc1. The first-order valence-corrected chi connectivity index (χ1v) is 10.4. The Balaban J connectivity index is 1.58. The summed E-state index contributed by atoms with van der Waals surface area (Å²) in [5, 5.41) is 9.30. The maximum atomic E-state index is 11.4. The Kier molecular flexibility index (Phi) is 6.95. The standard InChI is InChI=1S/C20H26N4OS2/c1-15(25)16-5-7-17(8-6-16)22-20(26)21-14-18(19-4-3-13-27-19)24-11-9-23(2)10-12-24/h3-8,13,18H,9-12,14H2,1-2H3,(H2,21,22,26)/t18-/m0/s1. The molecule has 2 heterocycles. The molecule has 1 fully saturated rings. The molecule has 1 aliphatic rings. The fourth-order valence-corrected chi connectivity index (χ4v) is 4.24. The minimum Gasteiger partial charge on any atom is -0.360 e. The fraction of sp³-hybridized carbons (Fsp3) is 0.400. The molecule has 0 amide bonds. The first-order valence-electron chi connectivity index (χ1n) is 9.15. The van der Waals surface area contributed by atoms with Gasteiger partial charge in [0.1, 0.15) is 0 Å². The van der Waals surface area contributed by atoms with E-state index in [1.54, 1.807) is 18.3 Å². The summed E-state index contributed by atoms with van der Waals surface area (Å²) in [5.41, 5.74) is 1.58. The minimum absolute atomic E-state index is 0.0632. The first kappa shape index (κ1) is 19.9. The highest BCUT2D eigenvalue weighted by atomic mass is 32.1. The average molecular weight is 403 g/mol. The molecule has 27 heavy (non-hydrogen) atoms. The molecule has 1 aliphatic heterocycles. The Bertz CT molecular complexity index is 753. The molecular weight excluding hydrogens is 376 g/mol. The zero-order valence-electron chi connectivity index (χ0n) is 15.8. The van der Waals surface area contributed by atoms with Crippen molar-refractivity contribution in [3.8, 4) is 0 Å². The molecule has 0 unspecified atom stereocenters. The van der Waals surface area contributed by atoms with Crippen LogP contribution in [0.3, 0.4) is 0 Å². The van der Waals surface area contributed by atoms with E-state index in [0.717, 1.165) is 38.4 Å². The molecule has 3 rings (SSSR count). The Morgan fingerprint density at radius 1 is 1.19 bits per heavy atom. The van der Waals surface area contributed by atoms with Crippen molar-refractivity contribution in [1.82, 2.24) is 15.1 Å². The number of hydrogen-bond donors (Lipinski definition) is 2. The van der Waals surface area contributed by atoms with Gasteiger partial charge in [-0.3, -0.25) is 9.69 Å². The summed E-state index contributed by atoms with van der Waals surface area (Å²) in [5.74, 6) is 0.0632. The van der Waals surface area contributed by atoms with Gasteiger partial charge in [0, 0.05) is 48.9 Å². The number of thiocarbonyl (C=S) groups is 1. The Morgan fingerprint density at radius 2 is 1.89 bits per heavy atom. The summed E-state index contributed by atoms with van der Waals surface area (Å²) >= 11 is 7.27. The number of ketones is 1. The van der Waals surface area contributed by atoms with E-state index >= 15 is 0 Å². The lowest BCUT2D eigenvalue weighted by Gasteiger charge is -2.37. The lowest BCUT2D eigenvalue weighted by atomic mass is 10.1. The molecule has 7 heteroatoms. The van der Waals surface area contributed by atoms with Crippen LogP contribution in [0.5, 0.6) is 0 Å². The number of piperazine rings is 1. The van der Waals surface area contributed by atoms with Crippen LogP contribution in [0.4, 0.5) is 5.69 Å². The predicted molar refractivity (Wildman–Crippen MR) is 117 cm³/mol. The number of Topliss-reactive ketones (excluding diaryl/α,β-unsaturated/α-hetero) is 1. The maximum Gasteiger partial charge on any atom is 0.170 e. The van der Waals surface area contributed by atoms with Crippen LogP contribution in [0.25, 0.3) is 0 Å². The van der Waals surface area contributed by atoms with Gasteiger partial charge in [-0.25, -0.2) is 0 Å². The monoisotopic (exact) mass is 402 g/mol. The molecule has 1 saturated heterocycles. The van der Waals surface area contributed by atoms with Crippen molar-refractivity contribution in [2.75, 3.05) is 45.1 Å². The molecule has 144 valence electrons. The number of carbonyl (C=O) groups is 1. The first-order chi connectivity index (χ1) is 13.0. The van der Waals surface area contributed by atoms with Gasteiger partial charge in [-0.15, -0.1) is 11.3 Å². The second-order valence-electron chi connectivity index (χ2n) is 6.84. The van der Waals surface area contributed by atoms with Crippen LogP contribution in [0, 0.1) is 0 Å². The second kappa shape index (κ2) is 9.41. The summed E-state index contributed by atoms with van der Waals surface area (Å²) in [6.07, 6.45) is 0. The summed E-state index contributed by atoms with van der Waals surface area (Å²) < 4.78 is 0. The summed E-state index contributed by atoms with van der Waals surface area (Å²) in [6.45, 7) is 6.64. The molecule has 2 aromatic rings. The number of benzene rings is 1. The molecule has 0 saturated carbocycles. The van der Waals surface area contributed by atoms with Crippen molar-refractivity contribution in [3.05, 3.63) is 52.2 Å². The van der Waals surface area contributed by atoms with Gasteiger partial charge in [-0.05, 0) is 61.9 Å². The van der Waals surface area contributed by atoms with Crippen LogP contribution in [0.1, 0.15) is 28.2 Å². The van der Waals surface area contributed by atoms with E-state index < -0.39 is 0 Å². The molecule has 0 aliphatic carbocycles. The van der Waals surface area contributed by atoms with Gasteiger partial charge >= 0.3 is 0 Å². The van der Waals surface area contributed by atoms with Gasteiger partial charge in [-0.1, -0.05) is 6.07 Å². The van der Waals surface area contributed by atoms with Gasteiger partial charge in [0.05, 0.1) is 6.04 Å². The molecule has 0 spiro atoms. The third-order valence-electron chi connectivity index (χ3n) is 4.86. The third-order valence-corrected chi connectivity index (χ3v) is 6.08. The van der Waals surface area contributed by atoms with Gasteiger partial charge in [0.2, 0.25) is 0 Å². The third kappa shape index (κ3) is 5.59. The Labute approximate surface area is 170 Å². The number of carbonyl (C=O) groups excluding carboxylic acids is 1. The number of rotatable bonds is 6. The van der Waals surface area contributed by atoms with Crippen molar-refractivity contribution in [3.63, 3.8) is 0 Å². The van der Waals surface area contributed by atoms with Crippen molar-refractivity contribution in [2.24, 2.45) is 0 Å². The number of hydrogen-bond acceptors (Lipinski definition) is 5. The highest BCUT2D eigenvalue weighted by molar-refractivity contribution is 7.80. The van der Waals surface area contributed by atoms with Crippen molar-refractivity contribution < 1.29 is 4.79 Å². The highest BCUT2D eigenvalue weighted by Crippen LogP contribution is 2.25. The fourth-order valence-electron chi connectivity index (χ4n) is 3.18. The topological polar surface area (TPSA) is 47.6 Å². The van der Waals surface area contributed by atoms with E-state index in [9.17, 15) is 4.79 Å². The molecule has 1 atom stereocenters. The van der Waals surface area contributed by atoms with Crippen LogP contribution in [0.2, 0.25) is 0 Å². The molecule has 1 aromatic heterocycles. The normalized spacial score (nSPS) is 16.7. The Morgan fingerprint density at radius 3 is 2.48 bits per heavy atom. The lowest BCUT2D eigenvalue weighted by molar-refractivity contribution is 0.101. The zero-order valence-corrected chi connectivity index (χ0v) is 17.4. The molecule has 5 nitrogen and oxygen atoms in total. The van der Waals surface area contributed by atoms with E-state index in [1.807, 2.05) is 24.3 Å². The average Bonchev–Trinajstić information content (AvgIpc) is 3.18. The van der Waals surface area contributed by atoms with Crippen LogP contribution >= 0.6 is 23.6 Å². The lowest BCUT2D eigenvalue weighted by Crippen LogP contribution is -2.48. The smallest absolute Gasteiger partial charge is 0.170 e. The summed E-state index contributed by atoms with van der Waals surface area (Å²) in [4.78, 5) is 17.6. The van der Waals surface area contributed by atoms with Crippen LogP contribution < -0.4 is 10.6 Å². The van der Waals surface area contributed by atoms with E-state index in [1.165, 1.54) is 4.88 Å². The number of thiophene rings is 1. The maximum absolute atomic E-state index is 11.4. The van der Waals surface area contributed by atoms with Crippen molar-refractivity contribution in [2.45, 2.75) is 13.0 Å². The van der Waals surface area contributed by atoms with Gasteiger partial charge < -0.3 is 15.5 Å². The number of likely N-dealkylation sites (N-methyl/N-ethyl adjacent to an activating group) is 1. The largest absolute Gasteiger partial charge is 0.360 e. The predicted octanol–water partition coefficient (Wildman–Crippen LogP) is 3.23. The van der Waals surface area contributed by atoms with Gasteiger partial charge in [-0.2, -0.15) is 0 Å². The number of anilines is 1. The second-order valence-corrected chi connectivity index (χ2v) is 8.23. The van der Waals surface area contributed by atoms with Gasteiger partial charge in [0.25, 0.3) is 0 Å². The van der Waals surface area contributed by atoms with E-state index in [0.29, 0.717) is 16.7 Å². The van der Waals surface area contributed by atoms with Gasteiger partial charge in [0.15, 0.2) is 10.9 Å². The van der Waals surface area contributed by atoms with E-state index in [-0.39, 0.29) is 5.78 Å². The number of nitrogens with zero attached hydrogens (tertiary/aromatic N) is 2. The molecule has 0 radical (unpaired) electrons. The molecule has 1 aromatic carbocycles. The summed E-state index contributed by atoms with van der Waals surface area (Å²) in [6, 6.07) is 12.0. The van der Waals surface area contributed by atoms with E-state index in [4.69, 9.17) is 12.2 Å². The Hall–Kier alpha value is -1.80. The van der Waals surface area contributed by atoms with Crippen LogP contribution in [0.15, 0.2) is 41.8 Å². The minimum atomic E-state index is 0.0632. The number of nitrogens with one attached hydrogen (secondary N) is 2.